The number of pyridine rings is 1. The second-order valence-corrected chi connectivity index (χ2v) is 4.95. The maximum atomic E-state index is 12.6. The van der Waals surface area contributed by atoms with Gasteiger partial charge in [0.05, 0.1) is 11.1 Å². The molecule has 1 aromatic carbocycles. The van der Waals surface area contributed by atoms with Crippen LogP contribution in [0.2, 0.25) is 0 Å². The fourth-order valence-corrected chi connectivity index (χ4v) is 2.59. The molecule has 0 spiro atoms. The highest BCUT2D eigenvalue weighted by Crippen LogP contribution is 2.29. The van der Waals surface area contributed by atoms with E-state index in [2.05, 4.69) is 4.98 Å². The molecule has 0 aliphatic carbocycles. The molecule has 5 nitrogen and oxygen atoms in total. The summed E-state index contributed by atoms with van der Waals surface area (Å²) < 4.78 is 0. The number of carbonyl (C=O) groups is 2. The minimum atomic E-state index is -0.950. The van der Waals surface area contributed by atoms with Gasteiger partial charge in [-0.15, -0.1) is 0 Å². The molecule has 5 heteroatoms. The Morgan fingerprint density at radius 2 is 2.05 bits per heavy atom. The molecule has 0 saturated carbocycles. The number of aromatic carboxylic acids is 1. The molecule has 1 aromatic heterocycles. The molecule has 1 N–H and O–H groups in total. The summed E-state index contributed by atoms with van der Waals surface area (Å²) in [5.41, 5.74) is 2.48. The number of rotatable bonds is 2. The maximum absolute atomic E-state index is 12.6. The van der Waals surface area contributed by atoms with Crippen molar-refractivity contribution >= 4 is 17.6 Å². The third-order valence-corrected chi connectivity index (χ3v) is 3.60. The Labute approximate surface area is 121 Å². The van der Waals surface area contributed by atoms with E-state index in [9.17, 15) is 9.59 Å². The third-order valence-electron chi connectivity index (χ3n) is 3.60. The number of carboxylic acids is 1. The molecule has 0 fully saturated rings. The molecule has 106 valence electrons. The highest BCUT2D eigenvalue weighted by molar-refractivity contribution is 6.06. The van der Waals surface area contributed by atoms with Crippen molar-refractivity contribution in [3.8, 4) is 0 Å². The Morgan fingerprint density at radius 1 is 1.19 bits per heavy atom. The Morgan fingerprint density at radius 3 is 2.76 bits per heavy atom. The van der Waals surface area contributed by atoms with Gasteiger partial charge in [-0.05, 0) is 48.7 Å². The summed E-state index contributed by atoms with van der Waals surface area (Å²) in [6, 6.07) is 8.36. The van der Waals surface area contributed by atoms with Crippen LogP contribution in [0.1, 0.15) is 32.7 Å². The number of nitrogens with zero attached hydrogens (tertiary/aromatic N) is 2. The zero-order chi connectivity index (χ0) is 14.8. The average molecular weight is 282 g/mol. The summed E-state index contributed by atoms with van der Waals surface area (Å²) in [5.74, 6) is -1.05. The number of carboxylic acid groups (broad SMARTS) is 1. The molecule has 1 aliphatic rings. The van der Waals surface area contributed by atoms with Crippen molar-refractivity contribution in [3.63, 3.8) is 0 Å². The Kier molecular flexibility index (Phi) is 3.39. The fourth-order valence-electron chi connectivity index (χ4n) is 2.59. The van der Waals surface area contributed by atoms with Crippen LogP contribution in [0, 0.1) is 0 Å². The average Bonchev–Trinajstić information content (AvgIpc) is 2.54. The third kappa shape index (κ3) is 2.50. The van der Waals surface area contributed by atoms with E-state index < -0.39 is 5.97 Å². The molecular weight excluding hydrogens is 268 g/mol. The van der Waals surface area contributed by atoms with Crippen molar-refractivity contribution in [2.75, 3.05) is 11.4 Å². The van der Waals surface area contributed by atoms with Crippen LogP contribution in [-0.4, -0.2) is 28.5 Å². The Hall–Kier alpha value is -2.69. The number of hydrogen-bond donors (Lipinski definition) is 1. The van der Waals surface area contributed by atoms with Crippen molar-refractivity contribution in [1.82, 2.24) is 4.98 Å². The van der Waals surface area contributed by atoms with Crippen molar-refractivity contribution in [1.29, 1.82) is 0 Å². The van der Waals surface area contributed by atoms with Crippen molar-refractivity contribution in [2.45, 2.75) is 12.8 Å². The molecule has 3 rings (SSSR count). The molecule has 2 heterocycles. The first-order chi connectivity index (χ1) is 10.2. The van der Waals surface area contributed by atoms with E-state index in [1.54, 1.807) is 41.6 Å². The van der Waals surface area contributed by atoms with Gasteiger partial charge in [0, 0.05) is 24.6 Å². The van der Waals surface area contributed by atoms with Crippen LogP contribution in [0.25, 0.3) is 0 Å². The van der Waals surface area contributed by atoms with Crippen LogP contribution in [0.15, 0.2) is 42.7 Å². The monoisotopic (exact) mass is 282 g/mol. The van der Waals surface area contributed by atoms with Crippen LogP contribution < -0.4 is 4.90 Å². The quantitative estimate of drug-likeness (QED) is 0.918. The lowest BCUT2D eigenvalue weighted by Gasteiger charge is -2.29. The van der Waals surface area contributed by atoms with Crippen LogP contribution in [-0.2, 0) is 6.42 Å². The number of hydrogen-bond acceptors (Lipinski definition) is 3. The summed E-state index contributed by atoms with van der Waals surface area (Å²) in [4.78, 5) is 29.3. The smallest absolute Gasteiger partial charge is 0.335 e. The van der Waals surface area contributed by atoms with Crippen molar-refractivity contribution < 1.29 is 14.7 Å². The lowest BCUT2D eigenvalue weighted by Crippen LogP contribution is -2.35. The number of anilines is 1. The van der Waals surface area contributed by atoms with Gasteiger partial charge in [-0.1, -0.05) is 0 Å². The van der Waals surface area contributed by atoms with Gasteiger partial charge in [-0.25, -0.2) is 4.79 Å². The summed E-state index contributed by atoms with van der Waals surface area (Å²) in [6.07, 6.45) is 4.78. The van der Waals surface area contributed by atoms with Crippen molar-refractivity contribution in [2.24, 2.45) is 0 Å². The molecule has 1 aliphatic heterocycles. The second kappa shape index (κ2) is 5.36. The summed E-state index contributed by atoms with van der Waals surface area (Å²) >= 11 is 0. The first-order valence-corrected chi connectivity index (χ1v) is 6.75. The van der Waals surface area contributed by atoms with Gasteiger partial charge < -0.3 is 10.0 Å². The molecule has 0 unspecified atom stereocenters. The van der Waals surface area contributed by atoms with E-state index >= 15 is 0 Å². The molecule has 2 aromatic rings. The number of carbonyl (C=O) groups excluding carboxylic acids is 1. The van der Waals surface area contributed by atoms with E-state index in [-0.39, 0.29) is 11.5 Å². The van der Waals surface area contributed by atoms with Gasteiger partial charge in [-0.3, -0.25) is 9.78 Å². The molecule has 21 heavy (non-hydrogen) atoms. The van der Waals surface area contributed by atoms with Gasteiger partial charge in [-0.2, -0.15) is 0 Å². The van der Waals surface area contributed by atoms with E-state index in [4.69, 9.17) is 5.11 Å². The standard InChI is InChI=1S/C16H14N2O3/c19-15(13-3-1-7-17-10-13)18-8-2-4-11-9-12(16(20)21)5-6-14(11)18/h1,3,5-7,9-10H,2,4,8H2,(H,20,21). The van der Waals surface area contributed by atoms with Crippen LogP contribution in [0.3, 0.4) is 0 Å². The van der Waals surface area contributed by atoms with Crippen LogP contribution in [0.4, 0.5) is 5.69 Å². The molecule has 0 atom stereocenters. The normalized spacial score (nSPS) is 13.6. The molecule has 1 amide bonds. The minimum Gasteiger partial charge on any atom is -0.478 e. The number of amides is 1. The van der Waals surface area contributed by atoms with E-state index in [0.29, 0.717) is 12.1 Å². The van der Waals surface area contributed by atoms with Gasteiger partial charge in [0.1, 0.15) is 0 Å². The van der Waals surface area contributed by atoms with Crippen molar-refractivity contribution in [3.05, 3.63) is 59.4 Å². The Balaban J connectivity index is 1.97. The maximum Gasteiger partial charge on any atom is 0.335 e. The van der Waals surface area contributed by atoms with E-state index in [1.807, 2.05) is 0 Å². The largest absolute Gasteiger partial charge is 0.478 e. The first kappa shape index (κ1) is 13.3. The molecule has 0 bridgehead atoms. The summed E-state index contributed by atoms with van der Waals surface area (Å²) in [6.45, 7) is 0.632. The SMILES string of the molecule is O=C(O)c1ccc2c(c1)CCCN2C(=O)c1cccnc1. The second-order valence-electron chi connectivity index (χ2n) is 4.95. The van der Waals surface area contributed by atoms with Gasteiger partial charge >= 0.3 is 5.97 Å². The van der Waals surface area contributed by atoms with Gasteiger partial charge in [0.2, 0.25) is 0 Å². The molecule has 0 saturated heterocycles. The zero-order valence-electron chi connectivity index (χ0n) is 11.3. The fraction of sp³-hybridized carbons (Fsp3) is 0.188. The Bertz CT molecular complexity index is 698. The van der Waals surface area contributed by atoms with E-state index in [1.165, 1.54) is 6.07 Å². The molecule has 0 radical (unpaired) electrons. The highest BCUT2D eigenvalue weighted by Gasteiger charge is 2.24. The predicted molar refractivity (Wildman–Crippen MR) is 77.6 cm³/mol. The number of aryl methyl sites for hydroxylation is 1. The van der Waals surface area contributed by atoms with Crippen LogP contribution >= 0.6 is 0 Å². The molecular formula is C16H14N2O3. The number of fused-ring (bicyclic) bond motifs is 1. The van der Waals surface area contributed by atoms with Gasteiger partial charge in [0.25, 0.3) is 5.91 Å². The number of aromatic nitrogens is 1. The first-order valence-electron chi connectivity index (χ1n) is 6.75. The summed E-state index contributed by atoms with van der Waals surface area (Å²) in [7, 11) is 0. The lowest BCUT2D eigenvalue weighted by molar-refractivity contribution is 0.0696. The number of benzene rings is 1. The van der Waals surface area contributed by atoms with E-state index in [0.717, 1.165) is 24.1 Å². The minimum absolute atomic E-state index is 0.105. The predicted octanol–water partition coefficient (Wildman–Crippen LogP) is 2.37. The summed E-state index contributed by atoms with van der Waals surface area (Å²) in [5, 5.41) is 9.05. The topological polar surface area (TPSA) is 70.5 Å². The lowest BCUT2D eigenvalue weighted by atomic mass is 9.98. The van der Waals surface area contributed by atoms with Crippen LogP contribution in [0.5, 0.6) is 0 Å². The van der Waals surface area contributed by atoms with Gasteiger partial charge in [0.15, 0.2) is 0 Å². The zero-order valence-corrected chi connectivity index (χ0v) is 11.3. The highest BCUT2D eigenvalue weighted by atomic mass is 16.4.